The third kappa shape index (κ3) is 3.44. The minimum absolute atomic E-state index is 0.902. The first-order valence-corrected chi connectivity index (χ1v) is 5.23. The molecule has 1 N–H and O–H groups in total. The molecule has 0 aliphatic rings. The molecule has 0 unspecified atom stereocenters. The van der Waals surface area contributed by atoms with E-state index in [0.717, 1.165) is 24.5 Å². The summed E-state index contributed by atoms with van der Waals surface area (Å²) in [6.45, 7) is 3.93. The van der Waals surface area contributed by atoms with E-state index in [1.807, 2.05) is 6.07 Å². The van der Waals surface area contributed by atoms with Crippen LogP contribution in [0.1, 0.15) is 12.5 Å². The highest BCUT2D eigenvalue weighted by molar-refractivity contribution is 5.58. The third-order valence-corrected chi connectivity index (χ3v) is 2.13. The van der Waals surface area contributed by atoms with Gasteiger partial charge in [-0.3, -0.25) is 0 Å². The van der Waals surface area contributed by atoms with Crippen LogP contribution in [-0.2, 0) is 6.54 Å². The Labute approximate surface area is 92.0 Å². The zero-order valence-electron chi connectivity index (χ0n) is 10.0. The quantitative estimate of drug-likeness (QED) is 0.802. The molecule has 0 saturated carbocycles. The number of ether oxygens (including phenoxy) is 1. The Bertz CT molecular complexity index is 310. The highest BCUT2D eigenvalue weighted by atomic mass is 16.5. The Kier molecular flexibility index (Phi) is 4.43. The summed E-state index contributed by atoms with van der Waals surface area (Å²) < 4.78 is 5.28. The second-order valence-electron chi connectivity index (χ2n) is 3.80. The molecule has 1 rings (SSSR count). The lowest BCUT2D eigenvalue weighted by Crippen LogP contribution is -2.11. The van der Waals surface area contributed by atoms with E-state index in [2.05, 4.69) is 43.4 Å². The van der Waals surface area contributed by atoms with Crippen LogP contribution in [0.4, 0.5) is 5.69 Å². The predicted molar refractivity (Wildman–Crippen MR) is 64.5 cm³/mol. The molecule has 84 valence electrons. The van der Waals surface area contributed by atoms with Crippen LogP contribution in [0.25, 0.3) is 0 Å². The van der Waals surface area contributed by atoms with E-state index in [9.17, 15) is 0 Å². The Balaban J connectivity index is 2.88. The number of anilines is 1. The van der Waals surface area contributed by atoms with E-state index >= 15 is 0 Å². The molecule has 3 heteroatoms. The normalized spacial score (nSPS) is 10.5. The van der Waals surface area contributed by atoms with Crippen molar-refractivity contribution in [2.24, 2.45) is 0 Å². The van der Waals surface area contributed by atoms with E-state index in [0.29, 0.717) is 0 Å². The van der Waals surface area contributed by atoms with Crippen LogP contribution in [-0.4, -0.2) is 32.6 Å². The molecule has 15 heavy (non-hydrogen) atoms. The molecule has 0 radical (unpaired) electrons. The van der Waals surface area contributed by atoms with Crippen molar-refractivity contribution in [1.82, 2.24) is 4.90 Å². The average Bonchev–Trinajstić information content (AvgIpc) is 2.18. The number of benzene rings is 1. The lowest BCUT2D eigenvalue weighted by Gasteiger charge is -2.14. The number of methoxy groups -OCH3 is 1. The van der Waals surface area contributed by atoms with Crippen LogP contribution < -0.4 is 10.1 Å². The average molecular weight is 208 g/mol. The molecule has 1 aromatic rings. The topological polar surface area (TPSA) is 24.5 Å². The van der Waals surface area contributed by atoms with E-state index < -0.39 is 0 Å². The first kappa shape index (κ1) is 11.9. The molecule has 0 aliphatic heterocycles. The van der Waals surface area contributed by atoms with Gasteiger partial charge in [-0.1, -0.05) is 6.07 Å². The van der Waals surface area contributed by atoms with Crippen LogP contribution in [0, 0.1) is 0 Å². The fourth-order valence-electron chi connectivity index (χ4n) is 1.55. The zero-order chi connectivity index (χ0) is 11.3. The Morgan fingerprint density at radius 1 is 1.33 bits per heavy atom. The van der Waals surface area contributed by atoms with Gasteiger partial charge in [-0.2, -0.15) is 0 Å². The van der Waals surface area contributed by atoms with Gasteiger partial charge in [0.25, 0.3) is 0 Å². The molecule has 0 atom stereocenters. The van der Waals surface area contributed by atoms with Gasteiger partial charge in [0.05, 0.1) is 12.8 Å². The molecular formula is C12H20N2O. The van der Waals surface area contributed by atoms with Crippen LogP contribution in [0.3, 0.4) is 0 Å². The van der Waals surface area contributed by atoms with Gasteiger partial charge in [0.15, 0.2) is 0 Å². The summed E-state index contributed by atoms with van der Waals surface area (Å²) in [6, 6.07) is 6.25. The van der Waals surface area contributed by atoms with Crippen molar-refractivity contribution in [3.63, 3.8) is 0 Å². The summed E-state index contributed by atoms with van der Waals surface area (Å²) in [4.78, 5) is 2.15. The summed E-state index contributed by atoms with van der Waals surface area (Å²) in [7, 11) is 5.83. The molecule has 0 aliphatic carbocycles. The molecule has 0 spiro atoms. The van der Waals surface area contributed by atoms with Crippen molar-refractivity contribution in [1.29, 1.82) is 0 Å². The SMILES string of the molecule is CCNc1cc(CN(C)C)ccc1OC. The lowest BCUT2D eigenvalue weighted by atomic mass is 10.1. The first-order chi connectivity index (χ1) is 7.17. The summed E-state index contributed by atoms with van der Waals surface area (Å²) in [5, 5.41) is 3.30. The maximum Gasteiger partial charge on any atom is 0.141 e. The van der Waals surface area contributed by atoms with E-state index in [-0.39, 0.29) is 0 Å². The molecule has 0 fully saturated rings. The minimum Gasteiger partial charge on any atom is -0.495 e. The number of hydrogen-bond acceptors (Lipinski definition) is 3. The fraction of sp³-hybridized carbons (Fsp3) is 0.500. The summed E-state index contributed by atoms with van der Waals surface area (Å²) in [6.07, 6.45) is 0. The maximum atomic E-state index is 5.28. The highest BCUT2D eigenvalue weighted by Gasteiger charge is 2.03. The second-order valence-corrected chi connectivity index (χ2v) is 3.80. The Hall–Kier alpha value is -1.22. The van der Waals surface area contributed by atoms with Crippen LogP contribution in [0.2, 0.25) is 0 Å². The largest absolute Gasteiger partial charge is 0.495 e. The minimum atomic E-state index is 0.902. The molecule has 3 nitrogen and oxygen atoms in total. The van der Waals surface area contributed by atoms with Gasteiger partial charge < -0.3 is 15.0 Å². The van der Waals surface area contributed by atoms with Gasteiger partial charge in [0.1, 0.15) is 5.75 Å². The third-order valence-electron chi connectivity index (χ3n) is 2.13. The smallest absolute Gasteiger partial charge is 0.141 e. The molecule has 0 saturated heterocycles. The van der Waals surface area contributed by atoms with Crippen molar-refractivity contribution >= 4 is 5.69 Å². The monoisotopic (exact) mass is 208 g/mol. The number of hydrogen-bond donors (Lipinski definition) is 1. The van der Waals surface area contributed by atoms with Gasteiger partial charge in [-0.05, 0) is 38.7 Å². The van der Waals surface area contributed by atoms with Crippen molar-refractivity contribution < 1.29 is 4.74 Å². The summed E-state index contributed by atoms with van der Waals surface area (Å²) in [5.41, 5.74) is 2.36. The van der Waals surface area contributed by atoms with Gasteiger partial charge in [-0.15, -0.1) is 0 Å². The van der Waals surface area contributed by atoms with Crippen molar-refractivity contribution in [2.45, 2.75) is 13.5 Å². The maximum absolute atomic E-state index is 5.28. The molecule has 0 aromatic heterocycles. The lowest BCUT2D eigenvalue weighted by molar-refractivity contribution is 0.400. The molecule has 0 heterocycles. The molecular weight excluding hydrogens is 188 g/mol. The number of nitrogens with zero attached hydrogens (tertiary/aromatic N) is 1. The first-order valence-electron chi connectivity index (χ1n) is 5.23. The van der Waals surface area contributed by atoms with E-state index in [1.165, 1.54) is 5.56 Å². The van der Waals surface area contributed by atoms with Gasteiger partial charge >= 0.3 is 0 Å². The number of rotatable bonds is 5. The fourth-order valence-corrected chi connectivity index (χ4v) is 1.55. The summed E-state index contributed by atoms with van der Waals surface area (Å²) >= 11 is 0. The van der Waals surface area contributed by atoms with Crippen LogP contribution in [0.15, 0.2) is 18.2 Å². The van der Waals surface area contributed by atoms with Gasteiger partial charge in [-0.25, -0.2) is 0 Å². The molecule has 0 amide bonds. The van der Waals surface area contributed by atoms with Crippen LogP contribution >= 0.6 is 0 Å². The summed E-state index contributed by atoms with van der Waals surface area (Å²) in [5.74, 6) is 0.902. The van der Waals surface area contributed by atoms with Gasteiger partial charge in [0, 0.05) is 13.1 Å². The Morgan fingerprint density at radius 2 is 2.07 bits per heavy atom. The van der Waals surface area contributed by atoms with E-state index in [4.69, 9.17) is 4.74 Å². The molecule has 1 aromatic carbocycles. The van der Waals surface area contributed by atoms with Crippen molar-refractivity contribution in [3.8, 4) is 5.75 Å². The number of nitrogens with one attached hydrogen (secondary N) is 1. The Morgan fingerprint density at radius 3 is 2.60 bits per heavy atom. The van der Waals surface area contributed by atoms with Crippen LogP contribution in [0.5, 0.6) is 5.75 Å². The highest BCUT2D eigenvalue weighted by Crippen LogP contribution is 2.25. The standard InChI is InChI=1S/C12H20N2O/c1-5-13-11-8-10(9-14(2)3)6-7-12(11)15-4/h6-8,13H,5,9H2,1-4H3. The van der Waals surface area contributed by atoms with Gasteiger partial charge in [0.2, 0.25) is 0 Å². The second kappa shape index (κ2) is 5.61. The van der Waals surface area contributed by atoms with Crippen molar-refractivity contribution in [3.05, 3.63) is 23.8 Å². The van der Waals surface area contributed by atoms with E-state index in [1.54, 1.807) is 7.11 Å². The molecule has 0 bridgehead atoms. The van der Waals surface area contributed by atoms with Crippen molar-refractivity contribution in [2.75, 3.05) is 33.1 Å². The predicted octanol–water partition coefficient (Wildman–Crippen LogP) is 2.19. The zero-order valence-corrected chi connectivity index (χ0v) is 10.0.